The number of likely N-dealkylation sites (tertiary alicyclic amines) is 1. The number of aromatic nitrogens is 4. The fraction of sp³-hybridized carbons (Fsp3) is 0.389. The summed E-state index contributed by atoms with van der Waals surface area (Å²) < 4.78 is 5.20. The molecule has 0 bridgehead atoms. The molecule has 4 rings (SSSR count). The molecule has 26 heavy (non-hydrogen) atoms. The molecule has 1 aliphatic heterocycles. The minimum atomic E-state index is 0.0181. The molecule has 1 fully saturated rings. The van der Waals surface area contributed by atoms with Crippen LogP contribution < -0.4 is 0 Å². The molecule has 0 radical (unpaired) electrons. The summed E-state index contributed by atoms with van der Waals surface area (Å²) in [6.45, 7) is 5.21. The largest absolute Gasteiger partial charge is 0.361 e. The van der Waals surface area contributed by atoms with Gasteiger partial charge in [-0.1, -0.05) is 5.16 Å². The van der Waals surface area contributed by atoms with Crippen molar-refractivity contribution in [1.82, 2.24) is 25.0 Å². The average molecular weight is 369 g/mol. The lowest BCUT2D eigenvalue weighted by atomic mass is 9.93. The summed E-state index contributed by atoms with van der Waals surface area (Å²) >= 11 is 1.44. The third kappa shape index (κ3) is 3.12. The summed E-state index contributed by atoms with van der Waals surface area (Å²) in [4.78, 5) is 27.5. The molecule has 4 heterocycles. The smallest absolute Gasteiger partial charge is 0.273 e. The lowest BCUT2D eigenvalue weighted by Crippen LogP contribution is -2.38. The molecule has 3 aromatic rings. The fourth-order valence-electron chi connectivity index (χ4n) is 3.39. The molecule has 0 aromatic carbocycles. The van der Waals surface area contributed by atoms with Gasteiger partial charge < -0.3 is 9.42 Å². The van der Waals surface area contributed by atoms with Crippen molar-refractivity contribution < 1.29 is 9.32 Å². The van der Waals surface area contributed by atoms with Gasteiger partial charge in [0, 0.05) is 30.6 Å². The number of aryl methyl sites for hydroxylation is 2. The van der Waals surface area contributed by atoms with Crippen LogP contribution >= 0.6 is 11.3 Å². The molecule has 1 aliphatic rings. The summed E-state index contributed by atoms with van der Waals surface area (Å²) in [5, 5.41) is 5.77. The van der Waals surface area contributed by atoms with Gasteiger partial charge in [0.2, 0.25) is 0 Å². The highest BCUT2D eigenvalue weighted by Gasteiger charge is 2.26. The summed E-state index contributed by atoms with van der Waals surface area (Å²) in [6.07, 6.45) is 5.39. The van der Waals surface area contributed by atoms with Crippen molar-refractivity contribution >= 4 is 17.2 Å². The third-order valence-electron chi connectivity index (χ3n) is 4.81. The quantitative estimate of drug-likeness (QED) is 0.705. The van der Waals surface area contributed by atoms with Gasteiger partial charge in [-0.15, -0.1) is 11.3 Å². The normalized spacial score (nSPS) is 15.4. The second-order valence-corrected chi connectivity index (χ2v) is 7.18. The predicted molar refractivity (Wildman–Crippen MR) is 97.0 cm³/mol. The number of piperidine rings is 1. The van der Waals surface area contributed by atoms with Crippen LogP contribution in [0.1, 0.15) is 46.4 Å². The van der Waals surface area contributed by atoms with Gasteiger partial charge in [-0.25, -0.2) is 4.98 Å². The molecule has 0 atom stereocenters. The van der Waals surface area contributed by atoms with E-state index in [4.69, 9.17) is 4.52 Å². The summed E-state index contributed by atoms with van der Waals surface area (Å²) in [5.74, 6) is 1.09. The van der Waals surface area contributed by atoms with E-state index >= 15 is 0 Å². The topological polar surface area (TPSA) is 85.0 Å². The number of thiazole rings is 1. The zero-order valence-electron chi connectivity index (χ0n) is 14.7. The van der Waals surface area contributed by atoms with Crippen molar-refractivity contribution in [2.45, 2.75) is 32.6 Å². The molecule has 7 nitrogen and oxygen atoms in total. The summed E-state index contributed by atoms with van der Waals surface area (Å²) in [5.41, 5.74) is 5.71. The van der Waals surface area contributed by atoms with Crippen LogP contribution in [0.2, 0.25) is 0 Å². The van der Waals surface area contributed by atoms with Gasteiger partial charge >= 0.3 is 0 Å². The Kier molecular flexibility index (Phi) is 4.50. The first-order valence-electron chi connectivity index (χ1n) is 8.56. The highest BCUT2D eigenvalue weighted by molar-refractivity contribution is 7.07. The molecule has 0 aliphatic carbocycles. The van der Waals surface area contributed by atoms with Gasteiger partial charge in [-0.2, -0.15) is 0 Å². The molecular formula is C18H19N5O2S. The fourth-order valence-corrected chi connectivity index (χ4v) is 3.91. The number of carbonyl (C=O) groups is 1. The summed E-state index contributed by atoms with van der Waals surface area (Å²) in [7, 11) is 0. The van der Waals surface area contributed by atoms with E-state index in [0.29, 0.717) is 24.7 Å². The van der Waals surface area contributed by atoms with Crippen molar-refractivity contribution in [1.29, 1.82) is 0 Å². The van der Waals surface area contributed by atoms with Gasteiger partial charge in [0.15, 0.2) is 0 Å². The number of rotatable bonds is 3. The molecule has 3 aromatic heterocycles. The molecule has 0 N–H and O–H groups in total. The van der Waals surface area contributed by atoms with E-state index in [1.807, 2.05) is 24.9 Å². The zero-order valence-corrected chi connectivity index (χ0v) is 15.5. The Balaban J connectivity index is 1.43. The van der Waals surface area contributed by atoms with Gasteiger partial charge in [0.05, 0.1) is 34.4 Å². The lowest BCUT2D eigenvalue weighted by molar-refractivity contribution is 0.0707. The predicted octanol–water partition coefficient (Wildman–Crippen LogP) is 3.22. The Labute approximate surface area is 155 Å². The first-order valence-corrected chi connectivity index (χ1v) is 9.50. The van der Waals surface area contributed by atoms with Gasteiger partial charge in [0.1, 0.15) is 11.5 Å². The molecule has 0 unspecified atom stereocenters. The Bertz CT molecular complexity index is 877. The SMILES string of the molecule is Cc1noc(C)c1-c1cnc(C2CCN(C(=O)c3cscn3)CC2)cn1. The Morgan fingerprint density at radius 1 is 1.19 bits per heavy atom. The zero-order chi connectivity index (χ0) is 18.1. The van der Waals surface area contributed by atoms with Crippen LogP contribution in [0.3, 0.4) is 0 Å². The maximum atomic E-state index is 12.4. The van der Waals surface area contributed by atoms with Crippen molar-refractivity contribution in [2.75, 3.05) is 13.1 Å². The molecule has 8 heteroatoms. The van der Waals surface area contributed by atoms with E-state index in [2.05, 4.69) is 20.1 Å². The molecule has 0 spiro atoms. The maximum Gasteiger partial charge on any atom is 0.273 e. The van der Waals surface area contributed by atoms with Crippen LogP contribution in [-0.4, -0.2) is 44.0 Å². The van der Waals surface area contributed by atoms with E-state index in [9.17, 15) is 4.79 Å². The molecule has 0 saturated carbocycles. The van der Waals surface area contributed by atoms with Crippen molar-refractivity contribution in [3.63, 3.8) is 0 Å². The minimum Gasteiger partial charge on any atom is -0.361 e. The Morgan fingerprint density at radius 2 is 2.00 bits per heavy atom. The van der Waals surface area contributed by atoms with Crippen molar-refractivity contribution in [3.8, 4) is 11.3 Å². The number of nitrogens with zero attached hydrogens (tertiary/aromatic N) is 5. The van der Waals surface area contributed by atoms with E-state index in [0.717, 1.165) is 41.2 Å². The lowest BCUT2D eigenvalue weighted by Gasteiger charge is -2.31. The monoisotopic (exact) mass is 369 g/mol. The minimum absolute atomic E-state index is 0.0181. The number of hydrogen-bond donors (Lipinski definition) is 0. The molecule has 1 amide bonds. The van der Waals surface area contributed by atoms with E-state index < -0.39 is 0 Å². The van der Waals surface area contributed by atoms with E-state index in [-0.39, 0.29) is 5.91 Å². The molecule has 134 valence electrons. The van der Waals surface area contributed by atoms with Crippen molar-refractivity contribution in [3.05, 3.63) is 46.1 Å². The number of hydrogen-bond acceptors (Lipinski definition) is 7. The Morgan fingerprint density at radius 3 is 2.58 bits per heavy atom. The average Bonchev–Trinajstić information content (AvgIpc) is 3.32. The maximum absolute atomic E-state index is 12.4. The van der Waals surface area contributed by atoms with Gasteiger partial charge in [-0.3, -0.25) is 14.8 Å². The van der Waals surface area contributed by atoms with Gasteiger partial charge in [-0.05, 0) is 26.7 Å². The second kappa shape index (κ2) is 6.95. The van der Waals surface area contributed by atoms with Crippen LogP contribution in [0.25, 0.3) is 11.3 Å². The van der Waals surface area contributed by atoms with Crippen LogP contribution in [0.5, 0.6) is 0 Å². The van der Waals surface area contributed by atoms with Gasteiger partial charge in [0.25, 0.3) is 5.91 Å². The second-order valence-electron chi connectivity index (χ2n) is 6.47. The molecular weight excluding hydrogens is 350 g/mol. The number of carbonyl (C=O) groups excluding carboxylic acids is 1. The standard InChI is InChI=1S/C18H19N5O2S/c1-11-17(12(2)25-22-11)15-8-19-14(7-20-15)13-3-5-23(6-4-13)18(24)16-9-26-10-21-16/h7-10,13H,3-6H2,1-2H3. The highest BCUT2D eigenvalue weighted by atomic mass is 32.1. The first kappa shape index (κ1) is 16.8. The molecule has 1 saturated heterocycles. The summed E-state index contributed by atoms with van der Waals surface area (Å²) in [6, 6.07) is 0. The van der Waals surface area contributed by atoms with Crippen LogP contribution in [0, 0.1) is 13.8 Å². The van der Waals surface area contributed by atoms with Crippen LogP contribution in [0.4, 0.5) is 0 Å². The van der Waals surface area contributed by atoms with E-state index in [1.165, 1.54) is 11.3 Å². The van der Waals surface area contributed by atoms with Crippen LogP contribution in [0.15, 0.2) is 27.8 Å². The Hall–Kier alpha value is -2.61. The van der Waals surface area contributed by atoms with Crippen molar-refractivity contribution in [2.24, 2.45) is 0 Å². The van der Waals surface area contributed by atoms with E-state index in [1.54, 1.807) is 17.1 Å². The van der Waals surface area contributed by atoms with Crippen LogP contribution in [-0.2, 0) is 0 Å². The number of amides is 1. The highest BCUT2D eigenvalue weighted by Crippen LogP contribution is 2.29. The third-order valence-corrected chi connectivity index (χ3v) is 5.40. The first-order chi connectivity index (χ1) is 12.6.